The van der Waals surface area contributed by atoms with Crippen molar-refractivity contribution in [2.24, 2.45) is 0 Å². The molecule has 0 amide bonds. The van der Waals surface area contributed by atoms with Gasteiger partial charge in [0.2, 0.25) is 0 Å². The average molecular weight is 303 g/mol. The summed E-state index contributed by atoms with van der Waals surface area (Å²) in [5.41, 5.74) is 5.32. The first-order valence-electron chi connectivity index (χ1n) is 8.14. The lowest BCUT2D eigenvalue weighted by Gasteiger charge is -2.38. The molecule has 0 aliphatic carbocycles. The standard InChI is InChI=1S/C20H34N2/c1-11-15(2)16-12-17(21(9)19(3,4)5)14-18(13-16)22(10)20(6,7)8/h11-14H,1-10H3/b15-11-. The highest BCUT2D eigenvalue weighted by molar-refractivity contribution is 5.73. The number of nitrogens with zero attached hydrogens (tertiary/aromatic N) is 2. The topological polar surface area (TPSA) is 6.48 Å². The highest BCUT2D eigenvalue weighted by Crippen LogP contribution is 2.33. The number of allylic oxidation sites excluding steroid dienone is 2. The second-order valence-corrected chi connectivity index (χ2v) is 8.17. The van der Waals surface area contributed by atoms with Crippen LogP contribution in [0, 0.1) is 0 Å². The molecule has 0 fully saturated rings. The molecule has 1 rings (SSSR count). The molecular formula is C20H34N2. The SMILES string of the molecule is C/C=C(/C)c1cc(N(C)C(C)(C)C)cc(N(C)C(C)(C)C)c1. The van der Waals surface area contributed by atoms with Crippen LogP contribution in [0.4, 0.5) is 11.4 Å². The van der Waals surface area contributed by atoms with Gasteiger partial charge >= 0.3 is 0 Å². The molecule has 1 aromatic rings. The zero-order valence-electron chi connectivity index (χ0n) is 16.2. The van der Waals surface area contributed by atoms with Gasteiger partial charge < -0.3 is 9.80 Å². The van der Waals surface area contributed by atoms with Gasteiger partial charge in [0, 0.05) is 36.5 Å². The summed E-state index contributed by atoms with van der Waals surface area (Å²) in [4.78, 5) is 4.69. The van der Waals surface area contributed by atoms with Gasteiger partial charge in [0.25, 0.3) is 0 Å². The number of hydrogen-bond donors (Lipinski definition) is 0. The van der Waals surface area contributed by atoms with Gasteiger partial charge in [0.15, 0.2) is 0 Å². The van der Waals surface area contributed by atoms with Gasteiger partial charge in [-0.3, -0.25) is 0 Å². The molecule has 1 aromatic carbocycles. The quantitative estimate of drug-likeness (QED) is 0.719. The van der Waals surface area contributed by atoms with Crippen LogP contribution in [0.3, 0.4) is 0 Å². The summed E-state index contributed by atoms with van der Waals surface area (Å²) in [6.45, 7) is 17.7. The van der Waals surface area contributed by atoms with Gasteiger partial charge in [-0.2, -0.15) is 0 Å². The summed E-state index contributed by atoms with van der Waals surface area (Å²) >= 11 is 0. The van der Waals surface area contributed by atoms with E-state index in [9.17, 15) is 0 Å². The van der Waals surface area contributed by atoms with Crippen LogP contribution in [0.5, 0.6) is 0 Å². The molecule has 2 heteroatoms. The van der Waals surface area contributed by atoms with Gasteiger partial charge in [-0.05, 0) is 84.7 Å². The van der Waals surface area contributed by atoms with Gasteiger partial charge in [-0.1, -0.05) is 6.08 Å². The molecule has 0 N–H and O–H groups in total. The molecule has 0 aliphatic heterocycles. The van der Waals surface area contributed by atoms with E-state index in [4.69, 9.17) is 0 Å². The predicted octanol–water partition coefficient (Wildman–Crippen LogP) is 5.58. The largest absolute Gasteiger partial charge is 0.370 e. The van der Waals surface area contributed by atoms with Crippen molar-refractivity contribution in [1.29, 1.82) is 0 Å². The summed E-state index contributed by atoms with van der Waals surface area (Å²) in [6.07, 6.45) is 2.18. The lowest BCUT2D eigenvalue weighted by molar-refractivity contribution is 0.534. The summed E-state index contributed by atoms with van der Waals surface area (Å²) in [5, 5.41) is 0. The van der Waals surface area contributed by atoms with E-state index in [0.29, 0.717) is 0 Å². The second kappa shape index (κ2) is 6.36. The maximum atomic E-state index is 2.35. The molecule has 124 valence electrons. The Morgan fingerprint density at radius 2 is 1.18 bits per heavy atom. The highest BCUT2D eigenvalue weighted by atomic mass is 15.2. The lowest BCUT2D eigenvalue weighted by Crippen LogP contribution is -2.39. The molecule has 0 heterocycles. The fourth-order valence-electron chi connectivity index (χ4n) is 2.15. The molecule has 0 bridgehead atoms. The summed E-state index contributed by atoms with van der Waals surface area (Å²) < 4.78 is 0. The molecule has 0 radical (unpaired) electrons. The zero-order chi connectivity index (χ0) is 17.3. The Kier molecular flexibility index (Phi) is 5.38. The van der Waals surface area contributed by atoms with E-state index in [2.05, 4.69) is 104 Å². The monoisotopic (exact) mass is 302 g/mol. The van der Waals surface area contributed by atoms with E-state index in [0.717, 1.165) is 0 Å². The van der Waals surface area contributed by atoms with Crippen molar-refractivity contribution in [1.82, 2.24) is 0 Å². The number of benzene rings is 1. The molecule has 0 spiro atoms. The van der Waals surface area contributed by atoms with Crippen molar-refractivity contribution >= 4 is 16.9 Å². The van der Waals surface area contributed by atoms with Crippen molar-refractivity contribution in [3.8, 4) is 0 Å². The van der Waals surface area contributed by atoms with E-state index < -0.39 is 0 Å². The van der Waals surface area contributed by atoms with Crippen molar-refractivity contribution in [2.75, 3.05) is 23.9 Å². The maximum absolute atomic E-state index is 2.35. The van der Waals surface area contributed by atoms with Crippen molar-refractivity contribution in [3.05, 3.63) is 29.8 Å². The minimum Gasteiger partial charge on any atom is -0.370 e. The Morgan fingerprint density at radius 3 is 1.45 bits per heavy atom. The van der Waals surface area contributed by atoms with E-state index in [1.807, 2.05) is 0 Å². The van der Waals surface area contributed by atoms with Crippen molar-refractivity contribution < 1.29 is 0 Å². The Labute approximate surface area is 137 Å². The van der Waals surface area contributed by atoms with Gasteiger partial charge in [0.1, 0.15) is 0 Å². The van der Waals surface area contributed by atoms with E-state index >= 15 is 0 Å². The smallest absolute Gasteiger partial charge is 0.0394 e. The first-order chi connectivity index (χ1) is 9.87. The number of hydrogen-bond acceptors (Lipinski definition) is 2. The van der Waals surface area contributed by atoms with Crippen LogP contribution in [-0.4, -0.2) is 25.2 Å². The fraction of sp³-hybridized carbons (Fsp3) is 0.600. The zero-order valence-corrected chi connectivity index (χ0v) is 16.2. The molecular weight excluding hydrogens is 268 g/mol. The minimum atomic E-state index is 0.0973. The number of rotatable bonds is 3. The van der Waals surface area contributed by atoms with Crippen LogP contribution in [0.15, 0.2) is 24.3 Å². The van der Waals surface area contributed by atoms with Crippen molar-refractivity contribution in [3.63, 3.8) is 0 Å². The Morgan fingerprint density at radius 1 is 0.818 bits per heavy atom. The summed E-state index contributed by atoms with van der Waals surface area (Å²) in [7, 11) is 4.34. The van der Waals surface area contributed by atoms with Crippen LogP contribution in [-0.2, 0) is 0 Å². The molecule has 0 saturated heterocycles. The lowest BCUT2D eigenvalue weighted by atomic mass is 9.99. The minimum absolute atomic E-state index is 0.0973. The molecule has 0 aromatic heterocycles. The van der Waals surface area contributed by atoms with Crippen molar-refractivity contribution in [2.45, 2.75) is 66.5 Å². The van der Waals surface area contributed by atoms with Gasteiger partial charge in [0.05, 0.1) is 0 Å². The third-order valence-electron chi connectivity index (χ3n) is 4.58. The van der Waals surface area contributed by atoms with E-state index in [-0.39, 0.29) is 11.1 Å². The first kappa shape index (κ1) is 18.6. The molecule has 22 heavy (non-hydrogen) atoms. The molecule has 0 saturated carbocycles. The maximum Gasteiger partial charge on any atom is 0.0394 e. The van der Waals surface area contributed by atoms with Crippen LogP contribution >= 0.6 is 0 Å². The van der Waals surface area contributed by atoms with Crippen LogP contribution < -0.4 is 9.80 Å². The normalized spacial score (nSPS) is 13.3. The van der Waals surface area contributed by atoms with E-state index in [1.54, 1.807) is 0 Å². The third-order valence-corrected chi connectivity index (χ3v) is 4.58. The Hall–Kier alpha value is -1.44. The average Bonchev–Trinajstić information content (AvgIpc) is 2.42. The van der Waals surface area contributed by atoms with Crippen LogP contribution in [0.2, 0.25) is 0 Å². The van der Waals surface area contributed by atoms with E-state index in [1.165, 1.54) is 22.5 Å². The summed E-state index contributed by atoms with van der Waals surface area (Å²) in [6, 6.07) is 6.88. The third kappa shape index (κ3) is 4.28. The second-order valence-electron chi connectivity index (χ2n) is 8.17. The highest BCUT2D eigenvalue weighted by Gasteiger charge is 2.22. The molecule has 0 aliphatic rings. The first-order valence-corrected chi connectivity index (χ1v) is 8.14. The van der Waals surface area contributed by atoms with Gasteiger partial charge in [-0.25, -0.2) is 0 Å². The fourth-order valence-corrected chi connectivity index (χ4v) is 2.15. The Balaban J connectivity index is 3.47. The van der Waals surface area contributed by atoms with Crippen LogP contribution in [0.25, 0.3) is 5.57 Å². The number of anilines is 2. The van der Waals surface area contributed by atoms with Gasteiger partial charge in [-0.15, -0.1) is 0 Å². The molecule has 0 atom stereocenters. The van der Waals surface area contributed by atoms with Crippen LogP contribution in [0.1, 0.15) is 61.0 Å². The Bertz CT molecular complexity index is 504. The summed E-state index contributed by atoms with van der Waals surface area (Å²) in [5.74, 6) is 0. The predicted molar refractivity (Wildman–Crippen MR) is 102 cm³/mol. The molecule has 2 nitrogen and oxygen atoms in total. The molecule has 0 unspecified atom stereocenters.